The normalized spacial score (nSPS) is 18.6. The van der Waals surface area contributed by atoms with E-state index in [-0.39, 0.29) is 24.6 Å². The molecule has 3 aromatic carbocycles. The van der Waals surface area contributed by atoms with Crippen molar-refractivity contribution < 1.29 is 23.5 Å². The Hall–Kier alpha value is -3.58. The van der Waals surface area contributed by atoms with Gasteiger partial charge in [-0.1, -0.05) is 36.4 Å². The summed E-state index contributed by atoms with van der Waals surface area (Å²) in [7, 11) is 0. The predicted molar refractivity (Wildman–Crippen MR) is 140 cm³/mol. The summed E-state index contributed by atoms with van der Waals surface area (Å²) >= 11 is 0. The quantitative estimate of drug-likeness (QED) is 0.378. The number of fused-ring (bicyclic) bond motifs is 1. The lowest BCUT2D eigenvalue weighted by molar-refractivity contribution is -0.134. The second-order valence-corrected chi connectivity index (χ2v) is 10.1. The average Bonchev–Trinajstić information content (AvgIpc) is 2.89. The summed E-state index contributed by atoms with van der Waals surface area (Å²) in [6, 6.07) is 14.4. The summed E-state index contributed by atoms with van der Waals surface area (Å²) < 4.78 is 20.6. The van der Waals surface area contributed by atoms with Crippen molar-refractivity contribution in [3.63, 3.8) is 0 Å². The lowest BCUT2D eigenvalue weighted by atomic mass is 9.90. The first-order chi connectivity index (χ1) is 17.9. The molecule has 192 valence electrons. The maximum Gasteiger partial charge on any atom is 0.249 e. The van der Waals surface area contributed by atoms with E-state index in [9.17, 15) is 14.4 Å². The zero-order valence-corrected chi connectivity index (χ0v) is 21.0. The summed E-state index contributed by atoms with van der Waals surface area (Å²) in [6.07, 6.45) is 4.39. The third-order valence-electron chi connectivity index (χ3n) is 7.62. The van der Waals surface area contributed by atoms with E-state index < -0.39 is 11.9 Å². The van der Waals surface area contributed by atoms with Crippen molar-refractivity contribution in [2.75, 3.05) is 18.1 Å². The number of ether oxygens (including phenoxy) is 1. The van der Waals surface area contributed by atoms with Crippen LogP contribution in [0.25, 0.3) is 10.8 Å². The zero-order valence-electron chi connectivity index (χ0n) is 21.0. The van der Waals surface area contributed by atoms with E-state index in [4.69, 9.17) is 4.74 Å². The van der Waals surface area contributed by atoms with Gasteiger partial charge >= 0.3 is 0 Å². The molecule has 7 heteroatoms. The van der Waals surface area contributed by atoms with E-state index in [1.165, 1.54) is 4.90 Å². The number of benzene rings is 3. The molecule has 0 saturated carbocycles. The molecule has 2 fully saturated rings. The molecule has 2 heterocycles. The third kappa shape index (κ3) is 5.27. The van der Waals surface area contributed by atoms with Gasteiger partial charge in [0.2, 0.25) is 18.2 Å². The van der Waals surface area contributed by atoms with Gasteiger partial charge in [-0.3, -0.25) is 19.7 Å². The Labute approximate surface area is 215 Å². The Balaban J connectivity index is 1.45. The number of hydrogen-bond acceptors (Lipinski definition) is 4. The third-order valence-corrected chi connectivity index (χ3v) is 7.62. The van der Waals surface area contributed by atoms with Crippen molar-refractivity contribution in [1.82, 2.24) is 5.32 Å². The maximum atomic E-state index is 15.2. The smallest absolute Gasteiger partial charge is 0.249 e. The van der Waals surface area contributed by atoms with Gasteiger partial charge in [-0.15, -0.1) is 0 Å². The van der Waals surface area contributed by atoms with Gasteiger partial charge in [-0.05, 0) is 78.3 Å². The molecule has 1 N–H and O–H groups in total. The average molecular weight is 503 g/mol. The fourth-order valence-electron chi connectivity index (χ4n) is 5.59. The number of piperidine rings is 1. The Morgan fingerprint density at radius 3 is 2.57 bits per heavy atom. The van der Waals surface area contributed by atoms with Crippen molar-refractivity contribution in [3.8, 4) is 0 Å². The number of nitrogens with one attached hydrogen (secondary N) is 1. The Kier molecular flexibility index (Phi) is 7.33. The second-order valence-electron chi connectivity index (χ2n) is 10.1. The van der Waals surface area contributed by atoms with Crippen molar-refractivity contribution in [1.29, 1.82) is 0 Å². The standard InChI is InChI=1S/C30H31FN2O4/c1-19-3-2-4-24-22(17-23-6-5-21(16-25(23)31)15-20-11-13-37-14-12-20)7-8-26(29(19)24)33(18-34)27-9-10-28(35)32-30(27)36/h2-8,16,18,20,27H,9-15,17H2,1H3,(H,32,35,36). The SMILES string of the molecule is Cc1cccc2c(Cc3ccc(CC4CCOCC4)cc3F)ccc(N(C=O)C3CCC(=O)NC3=O)c12. The van der Waals surface area contributed by atoms with Gasteiger partial charge in [0.1, 0.15) is 11.9 Å². The number of anilines is 1. The summed E-state index contributed by atoms with van der Waals surface area (Å²) in [6.45, 7) is 3.51. The van der Waals surface area contributed by atoms with Crippen molar-refractivity contribution >= 4 is 34.7 Å². The molecule has 2 aliphatic heterocycles. The van der Waals surface area contributed by atoms with Crippen LogP contribution in [0.3, 0.4) is 0 Å². The molecule has 6 nitrogen and oxygen atoms in total. The van der Waals surface area contributed by atoms with Crippen LogP contribution in [0.15, 0.2) is 48.5 Å². The molecule has 37 heavy (non-hydrogen) atoms. The van der Waals surface area contributed by atoms with Gasteiger partial charge in [0.25, 0.3) is 0 Å². The van der Waals surface area contributed by atoms with Gasteiger partial charge in [-0.2, -0.15) is 0 Å². The number of carbonyl (C=O) groups is 3. The van der Waals surface area contributed by atoms with Gasteiger partial charge in [0, 0.05) is 31.4 Å². The van der Waals surface area contributed by atoms with Gasteiger partial charge < -0.3 is 9.64 Å². The molecule has 1 unspecified atom stereocenters. The fourth-order valence-corrected chi connectivity index (χ4v) is 5.59. The number of amides is 3. The number of aryl methyl sites for hydroxylation is 1. The van der Waals surface area contributed by atoms with Crippen LogP contribution >= 0.6 is 0 Å². The first-order valence-corrected chi connectivity index (χ1v) is 12.9. The van der Waals surface area contributed by atoms with Crippen LogP contribution in [0.5, 0.6) is 0 Å². The molecular formula is C30H31FN2O4. The molecule has 3 aromatic rings. The highest BCUT2D eigenvalue weighted by Gasteiger charge is 2.33. The monoisotopic (exact) mass is 502 g/mol. The Bertz CT molecular complexity index is 1350. The van der Waals surface area contributed by atoms with E-state index in [2.05, 4.69) is 5.32 Å². The van der Waals surface area contributed by atoms with Crippen LogP contribution in [0, 0.1) is 18.7 Å². The number of hydrogen-bond donors (Lipinski definition) is 1. The molecule has 2 aliphatic rings. The largest absolute Gasteiger partial charge is 0.381 e. The van der Waals surface area contributed by atoms with Crippen molar-refractivity contribution in [2.45, 2.75) is 51.5 Å². The van der Waals surface area contributed by atoms with Crippen LogP contribution in [-0.4, -0.2) is 37.5 Å². The van der Waals surface area contributed by atoms with E-state index >= 15 is 4.39 Å². The number of halogens is 1. The minimum Gasteiger partial charge on any atom is -0.381 e. The fraction of sp³-hybridized carbons (Fsp3) is 0.367. The summed E-state index contributed by atoms with van der Waals surface area (Å²) in [4.78, 5) is 37.7. The maximum absolute atomic E-state index is 15.2. The van der Waals surface area contributed by atoms with E-state index in [0.29, 0.717) is 30.0 Å². The number of carbonyl (C=O) groups excluding carboxylic acids is 3. The molecule has 0 spiro atoms. The minimum atomic E-state index is -0.760. The summed E-state index contributed by atoms with van der Waals surface area (Å²) in [5, 5.41) is 4.08. The first-order valence-electron chi connectivity index (χ1n) is 12.9. The van der Waals surface area contributed by atoms with Crippen LogP contribution in [0.4, 0.5) is 10.1 Å². The molecule has 0 aromatic heterocycles. The van der Waals surface area contributed by atoms with Crippen molar-refractivity contribution in [2.24, 2.45) is 5.92 Å². The predicted octanol–water partition coefficient (Wildman–Crippen LogP) is 4.62. The lowest BCUT2D eigenvalue weighted by Crippen LogP contribution is -2.52. The van der Waals surface area contributed by atoms with Gasteiger partial charge in [0.05, 0.1) is 5.69 Å². The van der Waals surface area contributed by atoms with Crippen LogP contribution in [-0.2, 0) is 32.0 Å². The molecule has 0 bridgehead atoms. The molecule has 0 aliphatic carbocycles. The number of nitrogens with zero attached hydrogens (tertiary/aromatic N) is 1. The van der Waals surface area contributed by atoms with Crippen LogP contribution in [0.1, 0.15) is 47.9 Å². The minimum absolute atomic E-state index is 0.180. The summed E-state index contributed by atoms with van der Waals surface area (Å²) in [5.74, 6) is -0.488. The van der Waals surface area contributed by atoms with Crippen LogP contribution < -0.4 is 10.2 Å². The van der Waals surface area contributed by atoms with E-state index in [1.807, 2.05) is 49.4 Å². The highest BCUT2D eigenvalue weighted by molar-refractivity contribution is 6.08. The first kappa shape index (κ1) is 25.1. The topological polar surface area (TPSA) is 75.7 Å². The Morgan fingerprint density at radius 2 is 1.84 bits per heavy atom. The molecular weight excluding hydrogens is 471 g/mol. The number of imide groups is 1. The number of rotatable bonds is 7. The molecule has 5 rings (SSSR count). The lowest BCUT2D eigenvalue weighted by Gasteiger charge is -2.31. The van der Waals surface area contributed by atoms with Gasteiger partial charge in [0.15, 0.2) is 0 Å². The highest BCUT2D eigenvalue weighted by atomic mass is 19.1. The van der Waals surface area contributed by atoms with Gasteiger partial charge in [-0.25, -0.2) is 4.39 Å². The molecule has 1 atom stereocenters. The van der Waals surface area contributed by atoms with E-state index in [0.717, 1.165) is 59.9 Å². The zero-order chi connectivity index (χ0) is 25.9. The molecule has 2 saturated heterocycles. The summed E-state index contributed by atoms with van der Waals surface area (Å²) in [5.41, 5.74) is 4.11. The van der Waals surface area contributed by atoms with E-state index in [1.54, 1.807) is 6.07 Å². The van der Waals surface area contributed by atoms with Crippen LogP contribution in [0.2, 0.25) is 0 Å². The second kappa shape index (κ2) is 10.8. The molecule has 0 radical (unpaired) electrons. The Morgan fingerprint density at radius 1 is 1.05 bits per heavy atom. The highest BCUT2D eigenvalue weighted by Crippen LogP contribution is 2.35. The molecule has 3 amide bonds. The van der Waals surface area contributed by atoms with Crippen molar-refractivity contribution in [3.05, 3.63) is 76.6 Å².